The summed E-state index contributed by atoms with van der Waals surface area (Å²) in [6.07, 6.45) is 0.563. The molecule has 0 saturated heterocycles. The van der Waals surface area contributed by atoms with Crippen molar-refractivity contribution in [1.82, 2.24) is 10.1 Å². The lowest BCUT2D eigenvalue weighted by Gasteiger charge is -2.19. The Bertz CT molecular complexity index is 435. The predicted molar refractivity (Wildman–Crippen MR) is 75.1 cm³/mol. The molecule has 108 valence electrons. The summed E-state index contributed by atoms with van der Waals surface area (Å²) in [6, 6.07) is 0. The van der Waals surface area contributed by atoms with E-state index in [1.807, 2.05) is 13.8 Å². The van der Waals surface area contributed by atoms with Crippen molar-refractivity contribution in [2.24, 2.45) is 5.41 Å². The Labute approximate surface area is 118 Å². The fraction of sp³-hybridized carbons (Fsp3) is 0.769. The lowest BCUT2D eigenvalue weighted by atomic mass is 9.86. The SMILES string of the molecule is CC(C)(CC(=O)O)Cc1nc(CSC(C)(C)C)no1. The molecule has 0 aliphatic carbocycles. The highest BCUT2D eigenvalue weighted by Crippen LogP contribution is 2.28. The van der Waals surface area contributed by atoms with Crippen molar-refractivity contribution in [1.29, 1.82) is 0 Å². The van der Waals surface area contributed by atoms with Gasteiger partial charge < -0.3 is 9.63 Å². The molecule has 0 radical (unpaired) electrons. The molecule has 0 bridgehead atoms. The zero-order valence-electron chi connectivity index (χ0n) is 12.2. The number of nitrogens with zero attached hydrogens (tertiary/aromatic N) is 2. The summed E-state index contributed by atoms with van der Waals surface area (Å²) >= 11 is 1.75. The van der Waals surface area contributed by atoms with Crippen molar-refractivity contribution in [2.75, 3.05) is 0 Å². The number of carbonyl (C=O) groups is 1. The molecule has 1 aromatic heterocycles. The Hall–Kier alpha value is -1.04. The molecule has 1 rings (SSSR count). The van der Waals surface area contributed by atoms with Crippen LogP contribution in [-0.4, -0.2) is 26.0 Å². The van der Waals surface area contributed by atoms with Crippen LogP contribution < -0.4 is 0 Å². The van der Waals surface area contributed by atoms with E-state index in [4.69, 9.17) is 9.63 Å². The van der Waals surface area contributed by atoms with Gasteiger partial charge in [-0.2, -0.15) is 4.98 Å². The summed E-state index contributed by atoms with van der Waals surface area (Å²) in [5.41, 5.74) is -0.382. The summed E-state index contributed by atoms with van der Waals surface area (Å²) in [4.78, 5) is 15.1. The third kappa shape index (κ3) is 6.61. The fourth-order valence-corrected chi connectivity index (χ4v) is 2.26. The molecule has 1 heterocycles. The molecule has 0 amide bonds. The Morgan fingerprint density at radius 2 is 1.95 bits per heavy atom. The molecule has 0 spiro atoms. The van der Waals surface area contributed by atoms with E-state index in [2.05, 4.69) is 30.9 Å². The van der Waals surface area contributed by atoms with Gasteiger partial charge in [0.1, 0.15) is 0 Å². The van der Waals surface area contributed by atoms with E-state index in [-0.39, 0.29) is 16.6 Å². The van der Waals surface area contributed by atoms with Crippen molar-refractivity contribution in [2.45, 2.75) is 58.0 Å². The van der Waals surface area contributed by atoms with Crippen LogP contribution in [0, 0.1) is 5.41 Å². The number of rotatable bonds is 6. The molecule has 1 aromatic rings. The second kappa shape index (κ2) is 5.94. The largest absolute Gasteiger partial charge is 0.481 e. The van der Waals surface area contributed by atoms with E-state index in [1.54, 1.807) is 11.8 Å². The van der Waals surface area contributed by atoms with Crippen LogP contribution in [0.1, 0.15) is 52.8 Å². The second-order valence-electron chi connectivity index (χ2n) is 6.42. The summed E-state index contributed by atoms with van der Waals surface area (Å²) in [5.74, 6) is 1.07. The first-order valence-corrected chi connectivity index (χ1v) is 7.23. The van der Waals surface area contributed by atoms with Crippen molar-refractivity contribution in [3.8, 4) is 0 Å². The molecule has 5 nitrogen and oxygen atoms in total. The third-order valence-electron chi connectivity index (χ3n) is 2.40. The van der Waals surface area contributed by atoms with Gasteiger partial charge in [-0.05, 0) is 5.41 Å². The first-order valence-electron chi connectivity index (χ1n) is 6.25. The maximum atomic E-state index is 10.8. The van der Waals surface area contributed by atoms with Gasteiger partial charge in [-0.3, -0.25) is 4.79 Å². The molecule has 0 aromatic carbocycles. The van der Waals surface area contributed by atoms with E-state index in [0.717, 1.165) is 0 Å². The zero-order valence-corrected chi connectivity index (χ0v) is 13.0. The number of aromatic nitrogens is 2. The molecule has 0 unspecified atom stereocenters. The first kappa shape index (κ1) is 16.0. The maximum Gasteiger partial charge on any atom is 0.303 e. The van der Waals surface area contributed by atoms with E-state index in [9.17, 15) is 4.79 Å². The molecule has 0 fully saturated rings. The standard InChI is InChI=1S/C13H22N2O3S/c1-12(2,3)19-8-9-14-10(18-15-9)6-13(4,5)7-11(16)17/h6-8H2,1-5H3,(H,16,17). The second-order valence-corrected chi connectivity index (χ2v) is 8.22. The lowest BCUT2D eigenvalue weighted by molar-refractivity contribution is -0.139. The van der Waals surface area contributed by atoms with E-state index in [0.29, 0.717) is 23.9 Å². The number of hydrogen-bond donors (Lipinski definition) is 1. The molecule has 6 heteroatoms. The van der Waals surface area contributed by atoms with Gasteiger partial charge >= 0.3 is 5.97 Å². The quantitative estimate of drug-likeness (QED) is 0.865. The van der Waals surface area contributed by atoms with Gasteiger partial charge in [0.15, 0.2) is 5.82 Å². The highest BCUT2D eigenvalue weighted by Gasteiger charge is 2.25. The number of carboxylic acids is 1. The topological polar surface area (TPSA) is 76.2 Å². The molecule has 19 heavy (non-hydrogen) atoms. The Morgan fingerprint density at radius 1 is 1.32 bits per heavy atom. The molecule has 1 N–H and O–H groups in total. The normalized spacial score (nSPS) is 12.7. The minimum Gasteiger partial charge on any atom is -0.481 e. The van der Waals surface area contributed by atoms with Gasteiger partial charge in [-0.1, -0.05) is 39.8 Å². The van der Waals surface area contributed by atoms with E-state index >= 15 is 0 Å². The van der Waals surface area contributed by atoms with Gasteiger partial charge in [-0.25, -0.2) is 0 Å². The van der Waals surface area contributed by atoms with Crippen LogP contribution in [-0.2, 0) is 17.0 Å². The molecule has 0 atom stereocenters. The van der Waals surface area contributed by atoms with Crippen LogP contribution in [0.3, 0.4) is 0 Å². The highest BCUT2D eigenvalue weighted by molar-refractivity contribution is 7.99. The average molecular weight is 286 g/mol. The molecule has 0 saturated carbocycles. The summed E-state index contributed by atoms with van der Waals surface area (Å²) in [5, 5.41) is 12.8. The predicted octanol–water partition coefficient (Wildman–Crippen LogP) is 3.14. The summed E-state index contributed by atoms with van der Waals surface area (Å²) < 4.78 is 5.34. The van der Waals surface area contributed by atoms with Crippen molar-refractivity contribution in [3.63, 3.8) is 0 Å². The maximum absolute atomic E-state index is 10.8. The zero-order chi connectivity index (χ0) is 14.7. The highest BCUT2D eigenvalue weighted by atomic mass is 32.2. The summed E-state index contributed by atoms with van der Waals surface area (Å²) in [6.45, 7) is 10.2. The van der Waals surface area contributed by atoms with Crippen molar-refractivity contribution < 1.29 is 14.4 Å². The number of aliphatic carboxylic acids is 1. The molecule has 0 aliphatic heterocycles. The monoisotopic (exact) mass is 286 g/mol. The van der Waals surface area contributed by atoms with Crippen LogP contribution in [0.4, 0.5) is 0 Å². The molecular formula is C13H22N2O3S. The van der Waals surface area contributed by atoms with Crippen LogP contribution >= 0.6 is 11.8 Å². The summed E-state index contributed by atoms with van der Waals surface area (Å²) in [7, 11) is 0. The van der Waals surface area contributed by atoms with Crippen LogP contribution in [0.2, 0.25) is 0 Å². The van der Waals surface area contributed by atoms with E-state index in [1.165, 1.54) is 0 Å². The van der Waals surface area contributed by atoms with Gasteiger partial charge in [0.05, 0.1) is 12.2 Å². The lowest BCUT2D eigenvalue weighted by Crippen LogP contribution is -2.19. The van der Waals surface area contributed by atoms with Gasteiger partial charge in [0.2, 0.25) is 5.89 Å². The van der Waals surface area contributed by atoms with E-state index < -0.39 is 5.97 Å². The van der Waals surface area contributed by atoms with Gasteiger partial charge in [0, 0.05) is 11.2 Å². The Kier molecular flexibility index (Phi) is 5.01. The number of thioether (sulfide) groups is 1. The van der Waals surface area contributed by atoms with Crippen molar-refractivity contribution in [3.05, 3.63) is 11.7 Å². The van der Waals surface area contributed by atoms with Crippen LogP contribution in [0.5, 0.6) is 0 Å². The van der Waals surface area contributed by atoms with Crippen molar-refractivity contribution >= 4 is 17.7 Å². The van der Waals surface area contributed by atoms with Crippen LogP contribution in [0.15, 0.2) is 4.52 Å². The molecule has 0 aliphatic rings. The Balaban J connectivity index is 2.57. The fourth-order valence-electron chi connectivity index (χ4n) is 1.58. The smallest absolute Gasteiger partial charge is 0.303 e. The molecular weight excluding hydrogens is 264 g/mol. The van der Waals surface area contributed by atoms with Crippen LogP contribution in [0.25, 0.3) is 0 Å². The Morgan fingerprint density at radius 3 is 2.47 bits per heavy atom. The average Bonchev–Trinajstić information content (AvgIpc) is 2.58. The van der Waals surface area contributed by atoms with Gasteiger partial charge in [-0.15, -0.1) is 11.8 Å². The first-order chi connectivity index (χ1) is 8.57. The number of hydrogen-bond acceptors (Lipinski definition) is 5. The number of carboxylic acid groups (broad SMARTS) is 1. The minimum atomic E-state index is -0.812. The third-order valence-corrected chi connectivity index (χ3v) is 3.67. The minimum absolute atomic E-state index is 0.0848. The van der Waals surface area contributed by atoms with Gasteiger partial charge in [0.25, 0.3) is 0 Å².